The predicted molar refractivity (Wildman–Crippen MR) is 45.0 cm³/mol. The SMILES string of the molecule is CC(F)(F)C(NN)C1=CCCCO1. The summed E-state index contributed by atoms with van der Waals surface area (Å²) in [5.41, 5.74) is 2.07. The first-order chi connectivity index (χ1) is 6.05. The first kappa shape index (κ1) is 10.4. The molecule has 0 fully saturated rings. The highest BCUT2D eigenvalue weighted by molar-refractivity contribution is 5.09. The Morgan fingerprint density at radius 2 is 2.38 bits per heavy atom. The van der Waals surface area contributed by atoms with Crippen molar-refractivity contribution in [2.75, 3.05) is 6.61 Å². The van der Waals surface area contributed by atoms with Crippen molar-refractivity contribution in [1.29, 1.82) is 0 Å². The molecule has 1 atom stereocenters. The fourth-order valence-electron chi connectivity index (χ4n) is 1.26. The molecule has 0 radical (unpaired) electrons. The van der Waals surface area contributed by atoms with Gasteiger partial charge in [-0.3, -0.25) is 5.84 Å². The van der Waals surface area contributed by atoms with E-state index in [1.54, 1.807) is 6.08 Å². The van der Waals surface area contributed by atoms with Crippen molar-refractivity contribution in [3.8, 4) is 0 Å². The summed E-state index contributed by atoms with van der Waals surface area (Å²) in [5, 5.41) is 0. The third-order valence-electron chi connectivity index (χ3n) is 1.92. The highest BCUT2D eigenvalue weighted by atomic mass is 19.3. The van der Waals surface area contributed by atoms with Gasteiger partial charge in [0, 0.05) is 6.92 Å². The molecule has 0 aromatic heterocycles. The molecule has 0 bridgehead atoms. The third kappa shape index (κ3) is 2.63. The van der Waals surface area contributed by atoms with Crippen LogP contribution in [-0.2, 0) is 4.74 Å². The van der Waals surface area contributed by atoms with E-state index >= 15 is 0 Å². The maximum atomic E-state index is 12.9. The number of rotatable bonds is 3. The summed E-state index contributed by atoms with van der Waals surface area (Å²) >= 11 is 0. The van der Waals surface area contributed by atoms with Gasteiger partial charge in [0.1, 0.15) is 11.8 Å². The van der Waals surface area contributed by atoms with E-state index in [1.807, 2.05) is 0 Å². The van der Waals surface area contributed by atoms with Crippen LogP contribution in [0.25, 0.3) is 0 Å². The molecule has 1 aliphatic rings. The summed E-state index contributed by atoms with van der Waals surface area (Å²) < 4.78 is 30.9. The minimum Gasteiger partial charge on any atom is -0.496 e. The van der Waals surface area contributed by atoms with Crippen LogP contribution in [0.15, 0.2) is 11.8 Å². The maximum Gasteiger partial charge on any atom is 0.268 e. The minimum absolute atomic E-state index is 0.251. The van der Waals surface area contributed by atoms with E-state index in [0.717, 1.165) is 19.8 Å². The molecule has 0 saturated carbocycles. The zero-order valence-electron chi connectivity index (χ0n) is 7.52. The van der Waals surface area contributed by atoms with Gasteiger partial charge >= 0.3 is 0 Å². The summed E-state index contributed by atoms with van der Waals surface area (Å²) in [4.78, 5) is 0. The lowest BCUT2D eigenvalue weighted by Crippen LogP contribution is -2.48. The van der Waals surface area contributed by atoms with E-state index < -0.39 is 12.0 Å². The van der Waals surface area contributed by atoms with Crippen molar-refractivity contribution in [3.63, 3.8) is 0 Å². The van der Waals surface area contributed by atoms with Crippen molar-refractivity contribution in [2.45, 2.75) is 31.7 Å². The quantitative estimate of drug-likeness (QED) is 0.521. The fraction of sp³-hybridized carbons (Fsp3) is 0.750. The Balaban J connectivity index is 2.70. The van der Waals surface area contributed by atoms with Crippen molar-refractivity contribution in [2.24, 2.45) is 5.84 Å². The standard InChI is InChI=1S/C8H14F2N2O/c1-8(9,10)7(12-11)6-4-2-3-5-13-6/h4,7,12H,2-3,5,11H2,1H3. The molecule has 0 amide bonds. The number of nitrogens with two attached hydrogens (primary N) is 1. The van der Waals surface area contributed by atoms with E-state index in [4.69, 9.17) is 10.6 Å². The van der Waals surface area contributed by atoms with E-state index in [2.05, 4.69) is 5.43 Å². The summed E-state index contributed by atoms with van der Waals surface area (Å²) in [6.07, 6.45) is 3.30. The Labute approximate surface area is 75.9 Å². The molecule has 0 aliphatic carbocycles. The van der Waals surface area contributed by atoms with Gasteiger partial charge in [0.25, 0.3) is 5.92 Å². The van der Waals surface area contributed by atoms with Crippen LogP contribution in [-0.4, -0.2) is 18.6 Å². The largest absolute Gasteiger partial charge is 0.496 e. The molecule has 0 aromatic rings. The van der Waals surface area contributed by atoms with Crippen LogP contribution < -0.4 is 11.3 Å². The van der Waals surface area contributed by atoms with Gasteiger partial charge in [-0.15, -0.1) is 0 Å². The van der Waals surface area contributed by atoms with Crippen LogP contribution in [0.3, 0.4) is 0 Å². The van der Waals surface area contributed by atoms with Crippen LogP contribution in [0.5, 0.6) is 0 Å². The average molecular weight is 192 g/mol. The van der Waals surface area contributed by atoms with Gasteiger partial charge in [0.15, 0.2) is 0 Å². The van der Waals surface area contributed by atoms with Gasteiger partial charge in [0.2, 0.25) is 0 Å². The zero-order valence-corrected chi connectivity index (χ0v) is 7.52. The molecule has 3 N–H and O–H groups in total. The fourth-order valence-corrected chi connectivity index (χ4v) is 1.26. The number of alkyl halides is 2. The van der Waals surface area contributed by atoms with Crippen LogP contribution >= 0.6 is 0 Å². The summed E-state index contributed by atoms with van der Waals surface area (Å²) in [7, 11) is 0. The zero-order chi connectivity index (χ0) is 9.90. The Bertz CT molecular complexity index is 201. The minimum atomic E-state index is -2.90. The van der Waals surface area contributed by atoms with Crippen LogP contribution in [0.4, 0.5) is 8.78 Å². The van der Waals surface area contributed by atoms with E-state index in [0.29, 0.717) is 6.61 Å². The highest BCUT2D eigenvalue weighted by Crippen LogP contribution is 2.25. The molecular formula is C8H14F2N2O. The Kier molecular flexibility index (Phi) is 3.22. The first-order valence-corrected chi connectivity index (χ1v) is 4.22. The lowest BCUT2D eigenvalue weighted by Gasteiger charge is -2.27. The summed E-state index contributed by atoms with van der Waals surface area (Å²) in [6.45, 7) is 1.30. The van der Waals surface area contributed by atoms with E-state index in [9.17, 15) is 8.78 Å². The molecule has 0 spiro atoms. The second kappa shape index (κ2) is 4.02. The normalized spacial score (nSPS) is 20.5. The molecular weight excluding hydrogens is 178 g/mol. The molecule has 1 aliphatic heterocycles. The molecule has 1 unspecified atom stereocenters. The Morgan fingerprint density at radius 1 is 1.69 bits per heavy atom. The smallest absolute Gasteiger partial charge is 0.268 e. The van der Waals surface area contributed by atoms with Gasteiger partial charge in [-0.05, 0) is 18.9 Å². The van der Waals surface area contributed by atoms with Crippen molar-refractivity contribution >= 4 is 0 Å². The number of allylic oxidation sites excluding steroid dienone is 1. The molecule has 1 heterocycles. The molecule has 3 nitrogen and oxygen atoms in total. The van der Waals surface area contributed by atoms with Gasteiger partial charge in [-0.2, -0.15) is 0 Å². The first-order valence-electron chi connectivity index (χ1n) is 4.22. The Morgan fingerprint density at radius 3 is 2.77 bits per heavy atom. The van der Waals surface area contributed by atoms with Crippen LogP contribution in [0, 0.1) is 0 Å². The van der Waals surface area contributed by atoms with Crippen molar-refractivity contribution in [1.82, 2.24) is 5.43 Å². The molecule has 5 heteroatoms. The van der Waals surface area contributed by atoms with Gasteiger partial charge in [-0.25, -0.2) is 14.2 Å². The maximum absolute atomic E-state index is 12.9. The molecule has 13 heavy (non-hydrogen) atoms. The summed E-state index contributed by atoms with van der Waals surface area (Å²) in [6, 6.07) is -1.22. The number of halogens is 2. The number of hydrazine groups is 1. The van der Waals surface area contributed by atoms with E-state index in [1.165, 1.54) is 0 Å². The number of hydrogen-bond donors (Lipinski definition) is 2. The predicted octanol–water partition coefficient (Wildman–Crippen LogP) is 1.17. The second-order valence-electron chi connectivity index (χ2n) is 3.15. The van der Waals surface area contributed by atoms with E-state index in [-0.39, 0.29) is 5.76 Å². The second-order valence-corrected chi connectivity index (χ2v) is 3.15. The summed E-state index contributed by atoms with van der Waals surface area (Å²) in [5.74, 6) is 2.39. The van der Waals surface area contributed by atoms with Crippen molar-refractivity contribution in [3.05, 3.63) is 11.8 Å². The average Bonchev–Trinajstić information content (AvgIpc) is 2.05. The van der Waals surface area contributed by atoms with Crippen LogP contribution in [0.2, 0.25) is 0 Å². The van der Waals surface area contributed by atoms with Crippen LogP contribution in [0.1, 0.15) is 19.8 Å². The van der Waals surface area contributed by atoms with Gasteiger partial charge in [0.05, 0.1) is 6.61 Å². The molecule has 0 saturated heterocycles. The molecule has 1 rings (SSSR count). The number of ether oxygens (including phenoxy) is 1. The molecule has 0 aromatic carbocycles. The molecule has 76 valence electrons. The van der Waals surface area contributed by atoms with Crippen molar-refractivity contribution < 1.29 is 13.5 Å². The van der Waals surface area contributed by atoms with Gasteiger partial charge in [-0.1, -0.05) is 0 Å². The Hall–Kier alpha value is -0.680. The number of hydrogen-bond acceptors (Lipinski definition) is 3. The topological polar surface area (TPSA) is 47.3 Å². The number of nitrogens with one attached hydrogen (secondary N) is 1. The van der Waals surface area contributed by atoms with Gasteiger partial charge < -0.3 is 4.74 Å². The monoisotopic (exact) mass is 192 g/mol. The lowest BCUT2D eigenvalue weighted by atomic mass is 10.1. The highest BCUT2D eigenvalue weighted by Gasteiger charge is 2.37. The third-order valence-corrected chi connectivity index (χ3v) is 1.92. The lowest BCUT2D eigenvalue weighted by molar-refractivity contribution is -0.0269.